The minimum absolute atomic E-state index is 0.0192. The zero-order chi connectivity index (χ0) is 21.8. The van der Waals surface area contributed by atoms with E-state index in [4.69, 9.17) is 24.2 Å². The molecule has 5 heterocycles. The van der Waals surface area contributed by atoms with Crippen LogP contribution in [0.4, 0.5) is 5.82 Å². The molecule has 2 bridgehead atoms. The van der Waals surface area contributed by atoms with Crippen molar-refractivity contribution in [3.63, 3.8) is 0 Å². The second kappa shape index (κ2) is 7.02. The highest BCUT2D eigenvalue weighted by molar-refractivity contribution is 6.49. The fraction of sp³-hybridized carbons (Fsp3) is 0.478. The van der Waals surface area contributed by atoms with E-state index in [0.29, 0.717) is 24.1 Å². The molecule has 5 aliphatic rings. The number of amides is 1. The van der Waals surface area contributed by atoms with Crippen LogP contribution in [0.1, 0.15) is 33.6 Å². The first-order valence-electron chi connectivity index (χ1n) is 10.5. The highest BCUT2D eigenvalue weighted by atomic mass is 16.5. The maximum atomic E-state index is 13.1. The molecule has 2 saturated heterocycles. The Kier molecular flexibility index (Phi) is 4.51. The summed E-state index contributed by atoms with van der Waals surface area (Å²) >= 11 is 0. The van der Waals surface area contributed by atoms with Crippen LogP contribution >= 0.6 is 0 Å². The number of carbonyl (C=O) groups is 1. The number of fused-ring (bicyclic) bond motifs is 2. The summed E-state index contributed by atoms with van der Waals surface area (Å²) in [5.74, 6) is 0.834. The molecular weight excluding hydrogens is 396 g/mol. The van der Waals surface area contributed by atoms with Gasteiger partial charge in [0.15, 0.2) is 11.5 Å². The average Bonchev–Trinajstić information content (AvgIpc) is 3.37. The Morgan fingerprint density at radius 3 is 2.81 bits per heavy atom. The van der Waals surface area contributed by atoms with Gasteiger partial charge in [0, 0.05) is 23.3 Å². The fourth-order valence-corrected chi connectivity index (χ4v) is 4.84. The van der Waals surface area contributed by atoms with E-state index in [9.17, 15) is 4.79 Å². The zero-order valence-corrected chi connectivity index (χ0v) is 18.1. The Balaban J connectivity index is 1.42. The molecule has 31 heavy (non-hydrogen) atoms. The average molecular weight is 422 g/mol. The summed E-state index contributed by atoms with van der Waals surface area (Å²) < 4.78 is 17.0. The van der Waals surface area contributed by atoms with Crippen LogP contribution in [0, 0.1) is 5.41 Å². The molecule has 8 heteroatoms. The predicted molar refractivity (Wildman–Crippen MR) is 116 cm³/mol. The Hall–Kier alpha value is -3.00. The van der Waals surface area contributed by atoms with Gasteiger partial charge in [0.05, 0.1) is 31.1 Å². The van der Waals surface area contributed by atoms with E-state index in [-0.39, 0.29) is 34.8 Å². The molecule has 162 valence electrons. The van der Waals surface area contributed by atoms with Crippen LogP contribution in [0.25, 0.3) is 0 Å². The van der Waals surface area contributed by atoms with Crippen LogP contribution in [-0.2, 0) is 14.3 Å². The van der Waals surface area contributed by atoms with Crippen LogP contribution in [0.3, 0.4) is 0 Å². The van der Waals surface area contributed by atoms with Crippen LogP contribution in [0.5, 0.6) is 5.88 Å². The maximum Gasteiger partial charge on any atom is 0.278 e. The Morgan fingerprint density at radius 2 is 2.13 bits per heavy atom. The number of aliphatic imine (C=N–C) groups is 2. The Labute approximate surface area is 181 Å². The van der Waals surface area contributed by atoms with Crippen molar-refractivity contribution in [2.24, 2.45) is 15.4 Å². The molecule has 1 atom stereocenters. The molecule has 4 aliphatic heterocycles. The van der Waals surface area contributed by atoms with Crippen LogP contribution in [-0.4, -0.2) is 53.8 Å². The normalized spacial score (nSPS) is 30.5. The van der Waals surface area contributed by atoms with Gasteiger partial charge < -0.3 is 19.5 Å². The van der Waals surface area contributed by atoms with E-state index in [1.54, 1.807) is 18.2 Å². The van der Waals surface area contributed by atoms with E-state index in [1.165, 1.54) is 7.11 Å². The molecular formula is C23H26N4O4. The van der Waals surface area contributed by atoms with Gasteiger partial charge in [-0.25, -0.2) is 0 Å². The third-order valence-corrected chi connectivity index (χ3v) is 6.07. The number of nitrogens with zero attached hydrogens (tertiary/aromatic N) is 3. The van der Waals surface area contributed by atoms with Crippen molar-refractivity contribution in [2.45, 2.75) is 51.4 Å². The molecule has 1 N–H and O–H groups in total. The number of dihydropyridines is 1. The third kappa shape index (κ3) is 3.44. The summed E-state index contributed by atoms with van der Waals surface area (Å²) in [5.41, 5.74) is 2.01. The van der Waals surface area contributed by atoms with Crippen molar-refractivity contribution in [2.75, 3.05) is 19.0 Å². The van der Waals surface area contributed by atoms with Crippen molar-refractivity contribution in [3.05, 3.63) is 41.8 Å². The summed E-state index contributed by atoms with van der Waals surface area (Å²) in [6, 6.07) is 4.88. The molecule has 0 radical (unpaired) electrons. The van der Waals surface area contributed by atoms with E-state index < -0.39 is 0 Å². The lowest BCUT2D eigenvalue weighted by molar-refractivity contribution is -0.110. The van der Waals surface area contributed by atoms with Crippen LogP contribution < -0.4 is 10.1 Å². The lowest BCUT2D eigenvalue weighted by atomic mass is 9.61. The predicted octanol–water partition coefficient (Wildman–Crippen LogP) is 3.07. The topological polar surface area (TPSA) is 94.4 Å². The molecule has 1 aromatic rings. The molecule has 1 unspecified atom stereocenters. The van der Waals surface area contributed by atoms with E-state index in [0.717, 1.165) is 24.3 Å². The third-order valence-electron chi connectivity index (χ3n) is 6.07. The lowest BCUT2D eigenvalue weighted by Crippen LogP contribution is -2.42. The first-order valence-corrected chi connectivity index (χ1v) is 10.5. The molecule has 0 spiro atoms. The number of rotatable bonds is 6. The van der Waals surface area contributed by atoms with Crippen LogP contribution in [0.2, 0.25) is 0 Å². The van der Waals surface area contributed by atoms with Gasteiger partial charge in [0.25, 0.3) is 5.91 Å². The molecule has 6 rings (SSSR count). The Morgan fingerprint density at radius 1 is 1.32 bits per heavy atom. The number of hydrogen-bond donors (Lipinski definition) is 1. The van der Waals surface area contributed by atoms with Gasteiger partial charge >= 0.3 is 0 Å². The van der Waals surface area contributed by atoms with Gasteiger partial charge in [0.1, 0.15) is 11.9 Å². The number of hydrogen-bond acceptors (Lipinski definition) is 7. The fourth-order valence-electron chi connectivity index (χ4n) is 4.84. The van der Waals surface area contributed by atoms with Crippen molar-refractivity contribution in [3.8, 4) is 5.88 Å². The van der Waals surface area contributed by atoms with Crippen LogP contribution in [0.15, 0.2) is 51.8 Å². The number of pyridine rings is 1. The summed E-state index contributed by atoms with van der Waals surface area (Å²) in [6.07, 6.45) is 5.74. The molecule has 0 aromatic carbocycles. The van der Waals surface area contributed by atoms with E-state index in [1.807, 2.05) is 19.9 Å². The monoisotopic (exact) mass is 422 g/mol. The minimum atomic E-state index is -0.382. The number of carbonyl (C=O) groups excluding carboxylic acids is 1. The van der Waals surface area contributed by atoms with Gasteiger partial charge in [-0.15, -0.1) is 0 Å². The van der Waals surface area contributed by atoms with E-state index in [2.05, 4.69) is 23.3 Å². The van der Waals surface area contributed by atoms with Gasteiger partial charge in [-0.05, 0) is 45.8 Å². The number of anilines is 1. The van der Waals surface area contributed by atoms with E-state index >= 15 is 0 Å². The summed E-state index contributed by atoms with van der Waals surface area (Å²) in [6.45, 7) is 6.67. The highest BCUT2D eigenvalue weighted by Gasteiger charge is 2.62. The van der Waals surface area contributed by atoms with Crippen molar-refractivity contribution < 1.29 is 19.0 Å². The first-order chi connectivity index (χ1) is 14.8. The highest BCUT2D eigenvalue weighted by Crippen LogP contribution is 2.62. The summed E-state index contributed by atoms with van der Waals surface area (Å²) in [4.78, 5) is 26.9. The first kappa shape index (κ1) is 19.9. The van der Waals surface area contributed by atoms with Crippen molar-refractivity contribution in [1.82, 2.24) is 4.98 Å². The lowest BCUT2D eigenvalue weighted by Gasteiger charge is -2.42. The number of aromatic nitrogens is 1. The second-order valence-corrected chi connectivity index (χ2v) is 9.08. The van der Waals surface area contributed by atoms with Gasteiger partial charge in [0.2, 0.25) is 5.88 Å². The number of methoxy groups -OCH3 is 1. The quantitative estimate of drug-likeness (QED) is 0.760. The number of nitrogens with one attached hydrogen (secondary N) is 1. The molecule has 1 aliphatic carbocycles. The zero-order valence-electron chi connectivity index (χ0n) is 18.1. The smallest absolute Gasteiger partial charge is 0.278 e. The molecule has 1 saturated carbocycles. The summed E-state index contributed by atoms with van der Waals surface area (Å²) in [7, 11) is 1.53. The van der Waals surface area contributed by atoms with Gasteiger partial charge in [-0.1, -0.05) is 6.07 Å². The Bertz CT molecular complexity index is 1060. The number of ether oxygens (including phenoxy) is 3. The molecule has 8 nitrogen and oxygen atoms in total. The second-order valence-electron chi connectivity index (χ2n) is 9.08. The van der Waals surface area contributed by atoms with Gasteiger partial charge in [-0.2, -0.15) is 4.98 Å². The molecule has 3 fully saturated rings. The maximum absolute atomic E-state index is 13.1. The molecule has 1 amide bonds. The standard InChI is InChI=1S/C23H26N4O4/c1-13(2)31-16-8-14-15(9-17(24-14)23-10-22(3,11-23)30-12-23)25-20(16)21(28)27-18-6-5-7-19(26-18)29-4/h5-9,13,15H,10-12H2,1-4H3,(H,26,27,28). The largest absolute Gasteiger partial charge is 0.488 e. The summed E-state index contributed by atoms with van der Waals surface area (Å²) in [5, 5.41) is 2.79. The molecule has 1 aromatic heterocycles. The van der Waals surface area contributed by atoms with Crippen molar-refractivity contribution in [1.29, 1.82) is 0 Å². The van der Waals surface area contributed by atoms with Crippen molar-refractivity contribution >= 4 is 23.1 Å². The van der Waals surface area contributed by atoms with Gasteiger partial charge in [-0.3, -0.25) is 14.8 Å². The SMILES string of the molecule is COc1cccc(NC(=O)C2=NC3C=C(C45COC(C)(C4)C5)N=C3C=C2OC(C)C)n1. The minimum Gasteiger partial charge on any atom is -0.488 e.